The Bertz CT molecular complexity index is 962. The molecule has 0 spiro atoms. The summed E-state index contributed by atoms with van der Waals surface area (Å²) in [5, 5.41) is 2.71. The van der Waals surface area contributed by atoms with E-state index in [1.165, 1.54) is 16.4 Å². The number of fused-ring (bicyclic) bond motifs is 1. The van der Waals surface area contributed by atoms with Gasteiger partial charge < -0.3 is 10.1 Å². The molecule has 1 aliphatic rings. The number of nitrogens with one attached hydrogen (secondary N) is 1. The van der Waals surface area contributed by atoms with E-state index in [1.807, 2.05) is 6.92 Å². The summed E-state index contributed by atoms with van der Waals surface area (Å²) in [6.45, 7) is 1.98. The largest absolute Gasteiger partial charge is 0.481 e. The summed E-state index contributed by atoms with van der Waals surface area (Å²) in [4.78, 5) is 12.1. The predicted molar refractivity (Wildman–Crippen MR) is 107 cm³/mol. The lowest BCUT2D eigenvalue weighted by Gasteiger charge is -2.30. The van der Waals surface area contributed by atoms with Crippen molar-refractivity contribution in [3.63, 3.8) is 0 Å². The molecular formula is C20H23FN2O4S. The fourth-order valence-electron chi connectivity index (χ4n) is 3.20. The van der Waals surface area contributed by atoms with E-state index >= 15 is 0 Å². The first kappa shape index (κ1) is 20.1. The van der Waals surface area contributed by atoms with E-state index in [0.717, 1.165) is 18.4 Å². The number of carbonyl (C=O) groups excluding carboxylic acids is 1. The summed E-state index contributed by atoms with van der Waals surface area (Å²) in [6.07, 6.45) is 2.02. The Hall–Kier alpha value is -2.61. The van der Waals surface area contributed by atoms with Crippen LogP contribution in [0.5, 0.6) is 5.75 Å². The van der Waals surface area contributed by atoms with Gasteiger partial charge in [0.25, 0.3) is 5.91 Å². The SMILES string of the molecule is CCCS(=O)(=O)N1CCCc2cc(NC(=O)COc3ccccc3F)ccc21. The lowest BCUT2D eigenvalue weighted by atomic mass is 10.0. The van der Waals surface area contributed by atoms with Gasteiger partial charge in [0.15, 0.2) is 18.2 Å². The molecule has 6 nitrogen and oxygen atoms in total. The predicted octanol–water partition coefficient (Wildman–Crippen LogP) is 3.34. The fourth-order valence-corrected chi connectivity index (χ4v) is 4.82. The van der Waals surface area contributed by atoms with Crippen molar-refractivity contribution in [1.82, 2.24) is 0 Å². The maximum absolute atomic E-state index is 13.5. The minimum atomic E-state index is -3.34. The normalized spacial score (nSPS) is 13.7. The third-order valence-electron chi connectivity index (χ3n) is 4.43. The molecule has 0 atom stereocenters. The van der Waals surface area contributed by atoms with Gasteiger partial charge in [-0.15, -0.1) is 0 Å². The number of benzene rings is 2. The summed E-state index contributed by atoms with van der Waals surface area (Å²) in [6, 6.07) is 11.0. The lowest BCUT2D eigenvalue weighted by molar-refractivity contribution is -0.118. The number of sulfonamides is 1. The van der Waals surface area contributed by atoms with Gasteiger partial charge in [0.2, 0.25) is 10.0 Å². The van der Waals surface area contributed by atoms with Gasteiger partial charge in [-0.2, -0.15) is 0 Å². The maximum atomic E-state index is 13.5. The van der Waals surface area contributed by atoms with Crippen LogP contribution in [0.2, 0.25) is 0 Å². The molecule has 0 fully saturated rings. The van der Waals surface area contributed by atoms with Crippen LogP contribution in [0.15, 0.2) is 42.5 Å². The van der Waals surface area contributed by atoms with Crippen LogP contribution in [-0.2, 0) is 21.2 Å². The highest BCUT2D eigenvalue weighted by atomic mass is 32.2. The van der Waals surface area contributed by atoms with Gasteiger partial charge in [0.05, 0.1) is 11.4 Å². The zero-order valence-corrected chi connectivity index (χ0v) is 16.5. The molecule has 1 amide bonds. The second-order valence-electron chi connectivity index (χ2n) is 6.60. The molecule has 3 rings (SSSR count). The second kappa shape index (κ2) is 8.60. The Balaban J connectivity index is 1.68. The number of hydrogen-bond donors (Lipinski definition) is 1. The van der Waals surface area contributed by atoms with Crippen LogP contribution in [0.25, 0.3) is 0 Å². The molecule has 0 aromatic heterocycles. The van der Waals surface area contributed by atoms with Gasteiger partial charge in [-0.3, -0.25) is 9.10 Å². The van der Waals surface area contributed by atoms with Crippen molar-refractivity contribution < 1.29 is 22.3 Å². The Morgan fingerprint density at radius 2 is 2.04 bits per heavy atom. The molecule has 0 radical (unpaired) electrons. The number of hydrogen-bond acceptors (Lipinski definition) is 4. The maximum Gasteiger partial charge on any atom is 0.262 e. The third kappa shape index (κ3) is 4.62. The van der Waals surface area contributed by atoms with Gasteiger partial charge in [-0.25, -0.2) is 12.8 Å². The molecule has 8 heteroatoms. The molecule has 0 aliphatic carbocycles. The average molecular weight is 406 g/mol. The molecule has 2 aromatic carbocycles. The van der Waals surface area contributed by atoms with Gasteiger partial charge in [0, 0.05) is 12.2 Å². The number of ether oxygens (including phenoxy) is 1. The highest BCUT2D eigenvalue weighted by molar-refractivity contribution is 7.92. The number of carbonyl (C=O) groups is 1. The fraction of sp³-hybridized carbons (Fsp3) is 0.350. The van der Waals surface area contributed by atoms with E-state index in [2.05, 4.69) is 5.32 Å². The molecule has 1 heterocycles. The number of nitrogens with zero attached hydrogens (tertiary/aromatic N) is 1. The van der Waals surface area contributed by atoms with Gasteiger partial charge >= 0.3 is 0 Å². The van der Waals surface area contributed by atoms with E-state index in [1.54, 1.807) is 30.3 Å². The van der Waals surface area contributed by atoms with Crippen LogP contribution in [0.4, 0.5) is 15.8 Å². The Morgan fingerprint density at radius 1 is 1.25 bits per heavy atom. The lowest BCUT2D eigenvalue weighted by Crippen LogP contribution is -2.37. The molecule has 2 aromatic rings. The Morgan fingerprint density at radius 3 is 2.79 bits per heavy atom. The van der Waals surface area contributed by atoms with Crippen molar-refractivity contribution >= 4 is 27.3 Å². The van der Waals surface area contributed by atoms with Gasteiger partial charge in [0.1, 0.15) is 0 Å². The van der Waals surface area contributed by atoms with Gasteiger partial charge in [-0.1, -0.05) is 19.1 Å². The van der Waals surface area contributed by atoms with E-state index < -0.39 is 21.7 Å². The first-order valence-corrected chi connectivity index (χ1v) is 10.8. The first-order valence-electron chi connectivity index (χ1n) is 9.21. The third-order valence-corrected chi connectivity index (χ3v) is 6.41. The number of rotatable bonds is 7. The number of anilines is 2. The van der Waals surface area contributed by atoms with Crippen molar-refractivity contribution in [2.75, 3.05) is 28.5 Å². The van der Waals surface area contributed by atoms with E-state index in [9.17, 15) is 17.6 Å². The summed E-state index contributed by atoms with van der Waals surface area (Å²) < 4.78 is 45.1. The van der Waals surface area contributed by atoms with Crippen molar-refractivity contribution in [2.45, 2.75) is 26.2 Å². The topological polar surface area (TPSA) is 75.7 Å². The van der Waals surface area contributed by atoms with Crippen molar-refractivity contribution in [3.05, 3.63) is 53.8 Å². The summed E-state index contributed by atoms with van der Waals surface area (Å²) in [7, 11) is -3.34. The van der Waals surface area contributed by atoms with Crippen LogP contribution in [0.3, 0.4) is 0 Å². The highest BCUT2D eigenvalue weighted by Crippen LogP contribution is 2.32. The highest BCUT2D eigenvalue weighted by Gasteiger charge is 2.26. The van der Waals surface area contributed by atoms with Crippen LogP contribution in [-0.4, -0.2) is 33.2 Å². The molecule has 1 N–H and O–H groups in total. The second-order valence-corrected chi connectivity index (χ2v) is 8.62. The van der Waals surface area contributed by atoms with Crippen LogP contribution in [0.1, 0.15) is 25.3 Å². The molecule has 0 saturated heterocycles. The molecular weight excluding hydrogens is 383 g/mol. The molecule has 1 aliphatic heterocycles. The van der Waals surface area contributed by atoms with Gasteiger partial charge in [-0.05, 0) is 55.2 Å². The quantitative estimate of drug-likeness (QED) is 0.765. The standard InChI is InChI=1S/C20H23FN2O4S/c1-2-12-28(25,26)23-11-5-6-15-13-16(9-10-18(15)23)22-20(24)14-27-19-8-4-3-7-17(19)21/h3-4,7-10,13H,2,5-6,11-12,14H2,1H3,(H,22,24). The Kier molecular flexibility index (Phi) is 6.18. The van der Waals surface area contributed by atoms with Crippen LogP contribution < -0.4 is 14.4 Å². The van der Waals surface area contributed by atoms with E-state index in [4.69, 9.17) is 4.74 Å². The molecule has 28 heavy (non-hydrogen) atoms. The minimum absolute atomic E-state index is 0.0138. The molecule has 0 saturated carbocycles. The summed E-state index contributed by atoms with van der Waals surface area (Å²) >= 11 is 0. The average Bonchev–Trinajstić information content (AvgIpc) is 2.66. The van der Waals surface area contributed by atoms with Crippen molar-refractivity contribution in [1.29, 1.82) is 0 Å². The van der Waals surface area contributed by atoms with E-state index in [-0.39, 0.29) is 18.1 Å². The number of para-hydroxylation sites is 1. The minimum Gasteiger partial charge on any atom is -0.481 e. The zero-order chi connectivity index (χ0) is 20.1. The smallest absolute Gasteiger partial charge is 0.262 e. The number of amides is 1. The Labute approximate surface area is 164 Å². The monoisotopic (exact) mass is 406 g/mol. The zero-order valence-electron chi connectivity index (χ0n) is 15.7. The van der Waals surface area contributed by atoms with Crippen LogP contribution >= 0.6 is 0 Å². The number of halogens is 1. The van der Waals surface area contributed by atoms with Crippen molar-refractivity contribution in [3.8, 4) is 5.75 Å². The molecule has 150 valence electrons. The van der Waals surface area contributed by atoms with Crippen molar-refractivity contribution in [2.24, 2.45) is 0 Å². The van der Waals surface area contributed by atoms with E-state index in [0.29, 0.717) is 24.3 Å². The number of aryl methyl sites for hydroxylation is 1. The molecule has 0 unspecified atom stereocenters. The summed E-state index contributed by atoms with van der Waals surface area (Å²) in [5.41, 5.74) is 2.09. The first-order chi connectivity index (χ1) is 13.4. The molecule has 0 bridgehead atoms. The van der Waals surface area contributed by atoms with Crippen LogP contribution in [0, 0.1) is 5.82 Å². The summed E-state index contributed by atoms with van der Waals surface area (Å²) in [5.74, 6) is -0.829.